The molecule has 0 radical (unpaired) electrons. The Morgan fingerprint density at radius 2 is 1.76 bits per heavy atom. The second-order valence-corrected chi connectivity index (χ2v) is 12.5. The van der Waals surface area contributed by atoms with Gasteiger partial charge in [-0.15, -0.1) is 0 Å². The van der Waals surface area contributed by atoms with E-state index in [9.17, 15) is 9.90 Å². The fraction of sp³-hybridized carbons (Fsp3) is 0.594. The van der Waals surface area contributed by atoms with Crippen LogP contribution in [-0.4, -0.2) is 78.9 Å². The molecule has 1 aliphatic carbocycles. The number of aliphatic hydroxyl groups excluding tert-OH is 1. The van der Waals surface area contributed by atoms with Gasteiger partial charge < -0.3 is 28.8 Å². The van der Waals surface area contributed by atoms with Crippen molar-refractivity contribution in [3.63, 3.8) is 0 Å². The zero-order valence-electron chi connectivity index (χ0n) is 23.6. The smallest absolute Gasteiger partial charge is 0.306 e. The zero-order chi connectivity index (χ0) is 28.6. The molecular weight excluding hydrogens is 560 g/mol. The van der Waals surface area contributed by atoms with E-state index in [1.807, 2.05) is 6.07 Å². The van der Waals surface area contributed by atoms with Crippen molar-refractivity contribution in [3.8, 4) is 11.3 Å². The van der Waals surface area contributed by atoms with Crippen LogP contribution in [0.3, 0.4) is 0 Å². The van der Waals surface area contributed by atoms with Gasteiger partial charge in [0.1, 0.15) is 24.4 Å². The molecule has 7 rings (SSSR count). The lowest BCUT2D eigenvalue weighted by atomic mass is 9.77. The molecular formula is C32H37ClN2O7. The van der Waals surface area contributed by atoms with Crippen LogP contribution in [0.2, 0.25) is 5.02 Å². The Kier molecular flexibility index (Phi) is 8.20. The number of aliphatic hydroxyl groups is 1. The molecule has 1 aromatic heterocycles. The summed E-state index contributed by atoms with van der Waals surface area (Å²) in [6.07, 6.45) is 5.31. The van der Waals surface area contributed by atoms with Crippen LogP contribution in [0.15, 0.2) is 35.3 Å². The maximum atomic E-state index is 12.4. The van der Waals surface area contributed by atoms with Crippen LogP contribution in [0.4, 0.5) is 5.69 Å². The van der Waals surface area contributed by atoms with E-state index < -0.39 is 6.10 Å². The molecule has 4 aliphatic heterocycles. The molecule has 1 saturated carbocycles. The Hall–Kier alpha value is -2.56. The Bertz CT molecular complexity index is 1320. The molecule has 42 heavy (non-hydrogen) atoms. The predicted octanol–water partition coefficient (Wildman–Crippen LogP) is 4.92. The van der Waals surface area contributed by atoms with E-state index in [1.54, 1.807) is 0 Å². The van der Waals surface area contributed by atoms with Crippen LogP contribution in [0.5, 0.6) is 0 Å². The second-order valence-electron chi connectivity index (χ2n) is 12.1. The first-order chi connectivity index (χ1) is 20.5. The van der Waals surface area contributed by atoms with Crippen LogP contribution >= 0.6 is 11.6 Å². The van der Waals surface area contributed by atoms with Crippen molar-refractivity contribution < 1.29 is 33.6 Å². The molecule has 0 amide bonds. The summed E-state index contributed by atoms with van der Waals surface area (Å²) < 4.78 is 28.5. The van der Waals surface area contributed by atoms with Gasteiger partial charge >= 0.3 is 5.97 Å². The van der Waals surface area contributed by atoms with Crippen molar-refractivity contribution in [2.75, 3.05) is 26.4 Å². The molecule has 3 saturated heterocycles. The number of halogens is 1. The molecule has 1 N–H and O–H groups in total. The molecule has 5 aliphatic rings. The third-order valence-electron chi connectivity index (χ3n) is 9.29. The first-order valence-electron chi connectivity index (χ1n) is 15.2. The Morgan fingerprint density at radius 1 is 1.00 bits per heavy atom. The highest BCUT2D eigenvalue weighted by atomic mass is 35.5. The third kappa shape index (κ3) is 5.95. The molecule has 224 valence electrons. The van der Waals surface area contributed by atoms with Crippen molar-refractivity contribution in [2.45, 2.75) is 87.8 Å². The number of benzene rings is 1. The largest absolute Gasteiger partial charge is 0.472 e. The van der Waals surface area contributed by atoms with Crippen molar-refractivity contribution in [2.24, 2.45) is 10.9 Å². The minimum absolute atomic E-state index is 0.0235. The van der Waals surface area contributed by atoms with Crippen molar-refractivity contribution in [3.05, 3.63) is 46.6 Å². The topological polar surface area (TPSA) is 109 Å². The molecule has 4 fully saturated rings. The van der Waals surface area contributed by atoms with Gasteiger partial charge in [-0.1, -0.05) is 35.9 Å². The summed E-state index contributed by atoms with van der Waals surface area (Å²) in [6, 6.07) is 10.4. The highest BCUT2D eigenvalue weighted by Gasteiger charge is 2.49. The average Bonchev–Trinajstić information content (AvgIpc) is 3.70. The van der Waals surface area contributed by atoms with Crippen LogP contribution in [0.25, 0.3) is 11.3 Å². The molecule has 1 aromatic carbocycles. The quantitative estimate of drug-likeness (QED) is 0.468. The summed E-state index contributed by atoms with van der Waals surface area (Å²) in [7, 11) is 0. The number of hydrogen-bond acceptors (Lipinski definition) is 9. The number of ether oxygens (including phenoxy) is 5. The van der Waals surface area contributed by atoms with E-state index in [-0.39, 0.29) is 37.0 Å². The first kappa shape index (κ1) is 28.2. The van der Waals surface area contributed by atoms with Gasteiger partial charge in [-0.05, 0) is 49.1 Å². The number of aromatic nitrogens is 1. The minimum Gasteiger partial charge on any atom is -0.472 e. The number of esters is 1. The highest BCUT2D eigenvalue weighted by Crippen LogP contribution is 2.40. The van der Waals surface area contributed by atoms with Crippen LogP contribution < -0.4 is 0 Å². The first-order valence-corrected chi connectivity index (χ1v) is 15.6. The number of hydrogen-bond donors (Lipinski definition) is 1. The van der Waals surface area contributed by atoms with Gasteiger partial charge in [0, 0.05) is 24.8 Å². The van der Waals surface area contributed by atoms with Gasteiger partial charge in [-0.2, -0.15) is 0 Å². The fourth-order valence-electron chi connectivity index (χ4n) is 6.93. The summed E-state index contributed by atoms with van der Waals surface area (Å²) >= 11 is 6.67. The van der Waals surface area contributed by atoms with Crippen LogP contribution in [-0.2, 0) is 34.9 Å². The van der Waals surface area contributed by atoms with E-state index in [2.05, 4.69) is 29.3 Å². The van der Waals surface area contributed by atoms with Gasteiger partial charge in [-0.25, -0.2) is 9.98 Å². The van der Waals surface area contributed by atoms with Crippen LogP contribution in [0, 0.1) is 5.92 Å². The molecule has 9 nitrogen and oxygen atoms in total. The van der Waals surface area contributed by atoms with Crippen molar-refractivity contribution >= 4 is 29.2 Å². The molecule has 0 unspecified atom stereocenters. The molecule has 5 heterocycles. The van der Waals surface area contributed by atoms with E-state index in [0.29, 0.717) is 61.1 Å². The minimum atomic E-state index is -0.617. The van der Waals surface area contributed by atoms with Crippen molar-refractivity contribution in [1.82, 2.24) is 4.98 Å². The summed E-state index contributed by atoms with van der Waals surface area (Å²) in [5.74, 6) is 1.40. The van der Waals surface area contributed by atoms with Gasteiger partial charge in [-0.3, -0.25) is 4.79 Å². The number of carbonyl (C=O) groups is 1. The normalized spacial score (nSPS) is 31.0. The number of pyridine rings is 1. The summed E-state index contributed by atoms with van der Waals surface area (Å²) in [5, 5.41) is 10.5. The number of rotatable bonds is 6. The molecule has 0 spiro atoms. The SMILES string of the molecule is O=C(CC1CCC(c2ccc(-c3nc4c(cc3Cl)N=C(O[C@@H]3CO[C@H]5[C@@H]3OC[C@H]5O)C4)cc2)CC1)OC1CCOCC1. The van der Waals surface area contributed by atoms with E-state index in [1.165, 1.54) is 5.56 Å². The second kappa shape index (κ2) is 12.2. The van der Waals surface area contributed by atoms with Crippen molar-refractivity contribution in [1.29, 1.82) is 0 Å². The molecule has 0 bridgehead atoms. The van der Waals surface area contributed by atoms with E-state index in [4.69, 9.17) is 40.3 Å². The van der Waals surface area contributed by atoms with E-state index in [0.717, 1.165) is 55.5 Å². The Balaban J connectivity index is 0.928. The van der Waals surface area contributed by atoms with Crippen LogP contribution in [0.1, 0.15) is 62.1 Å². The monoisotopic (exact) mass is 596 g/mol. The molecule has 4 atom stereocenters. The predicted molar refractivity (Wildman–Crippen MR) is 155 cm³/mol. The summed E-state index contributed by atoms with van der Waals surface area (Å²) in [5.41, 5.74) is 4.55. The lowest BCUT2D eigenvalue weighted by molar-refractivity contribution is -0.154. The lowest BCUT2D eigenvalue weighted by Crippen LogP contribution is -2.34. The maximum absolute atomic E-state index is 12.4. The number of aliphatic imine (C=N–C) groups is 1. The molecule has 10 heteroatoms. The Labute approximate surface area is 250 Å². The number of carbonyl (C=O) groups excluding carboxylic acids is 1. The third-order valence-corrected chi connectivity index (χ3v) is 9.58. The fourth-order valence-corrected chi connectivity index (χ4v) is 7.18. The average molecular weight is 597 g/mol. The van der Waals surface area contributed by atoms with Gasteiger partial charge in [0.15, 0.2) is 12.0 Å². The number of fused-ring (bicyclic) bond motifs is 2. The summed E-state index contributed by atoms with van der Waals surface area (Å²) in [6.45, 7) is 1.98. The van der Waals surface area contributed by atoms with Gasteiger partial charge in [0.05, 0.1) is 54.9 Å². The highest BCUT2D eigenvalue weighted by molar-refractivity contribution is 6.33. The lowest BCUT2D eigenvalue weighted by Gasteiger charge is -2.29. The standard InChI is InChI=1S/C32H37ClN2O7/c33-23-14-24-25(15-28(34-24)42-27-17-40-31-26(36)16-39-32(27)31)35-30(23)21-7-5-20(6-8-21)19-3-1-18(2-4-19)13-29(37)41-22-9-11-38-12-10-22/h5-8,14,18-19,22,26-27,31-32,36H,1-4,9-13,15-17H2/t18?,19?,26-,27-,31-,32-/m1/s1. The Morgan fingerprint density at radius 3 is 2.55 bits per heavy atom. The maximum Gasteiger partial charge on any atom is 0.306 e. The van der Waals surface area contributed by atoms with E-state index >= 15 is 0 Å². The van der Waals surface area contributed by atoms with Gasteiger partial charge in [0.2, 0.25) is 0 Å². The molecule has 2 aromatic rings. The summed E-state index contributed by atoms with van der Waals surface area (Å²) in [4.78, 5) is 21.9. The zero-order valence-corrected chi connectivity index (χ0v) is 24.3. The number of nitrogens with zero attached hydrogens (tertiary/aromatic N) is 2. The van der Waals surface area contributed by atoms with Gasteiger partial charge in [0.25, 0.3) is 0 Å².